The number of benzene rings is 1. The number of rotatable bonds is 6. The van der Waals surface area contributed by atoms with Gasteiger partial charge in [-0.25, -0.2) is 17.4 Å². The molecule has 0 aliphatic heterocycles. The van der Waals surface area contributed by atoms with E-state index in [1.165, 1.54) is 24.4 Å². The van der Waals surface area contributed by atoms with Gasteiger partial charge in [0.25, 0.3) is 10.0 Å². The summed E-state index contributed by atoms with van der Waals surface area (Å²) in [6.07, 6.45) is 3.92. The van der Waals surface area contributed by atoms with Crippen LogP contribution in [0.4, 0.5) is 11.4 Å². The molecule has 184 valence electrons. The summed E-state index contributed by atoms with van der Waals surface area (Å²) in [5.41, 5.74) is -0.670. The highest BCUT2D eigenvalue weighted by Crippen LogP contribution is 2.69. The molecule has 3 saturated carbocycles. The number of nitro groups is 1. The number of carbonyl (C=O) groups excluding carboxylic acids is 1. The summed E-state index contributed by atoms with van der Waals surface area (Å²) >= 11 is 0. The van der Waals surface area contributed by atoms with E-state index in [0.717, 1.165) is 15.7 Å². The van der Waals surface area contributed by atoms with E-state index in [0.29, 0.717) is 24.6 Å². The minimum Gasteiger partial charge on any atom is -0.460 e. The van der Waals surface area contributed by atoms with Gasteiger partial charge in [-0.1, -0.05) is 17.7 Å². The van der Waals surface area contributed by atoms with E-state index in [2.05, 4.69) is 10.3 Å². The van der Waals surface area contributed by atoms with Gasteiger partial charge in [0.2, 0.25) is 0 Å². The summed E-state index contributed by atoms with van der Waals surface area (Å²) in [7, 11) is -3.96. The van der Waals surface area contributed by atoms with Gasteiger partial charge in [-0.05, 0) is 65.2 Å². The molecular formula is C24H26N4O6S. The minimum atomic E-state index is -3.96. The van der Waals surface area contributed by atoms with E-state index in [1.54, 1.807) is 12.1 Å². The predicted molar refractivity (Wildman–Crippen MR) is 129 cm³/mol. The molecular weight excluding hydrogens is 472 g/mol. The smallest absolute Gasteiger partial charge is 0.312 e. The number of esters is 1. The number of ether oxygens (including phenoxy) is 1. The van der Waals surface area contributed by atoms with Gasteiger partial charge >= 0.3 is 11.7 Å². The molecule has 10 nitrogen and oxygen atoms in total. The standard InChI is InChI=1S/C24H26N4O6S/c1-15-5-7-16(8-6-15)35(32,33)27-10-9-17-19(18(28(30)31)11-25-20(17)27)26-24-12-23(13-24,14-24)21(29)34-22(2,3)4/h5-11H,12-14H2,1-4H3,(H,25,26). The normalized spacial score (nSPS) is 23.3. The number of aryl methyl sites for hydroxylation is 1. The van der Waals surface area contributed by atoms with Gasteiger partial charge in [-0.15, -0.1) is 0 Å². The number of hydrogen-bond acceptors (Lipinski definition) is 8. The Morgan fingerprint density at radius 1 is 1.17 bits per heavy atom. The third-order valence-electron chi connectivity index (χ3n) is 6.69. The first-order valence-corrected chi connectivity index (χ1v) is 12.7. The van der Waals surface area contributed by atoms with Crippen LogP contribution in [-0.4, -0.2) is 39.4 Å². The van der Waals surface area contributed by atoms with E-state index in [-0.39, 0.29) is 27.9 Å². The van der Waals surface area contributed by atoms with Crippen molar-refractivity contribution in [3.63, 3.8) is 0 Å². The molecule has 2 heterocycles. The average Bonchev–Trinajstić information content (AvgIpc) is 3.13. The van der Waals surface area contributed by atoms with Crippen LogP contribution in [-0.2, 0) is 19.6 Å². The molecule has 1 N–H and O–H groups in total. The SMILES string of the molecule is Cc1ccc(S(=O)(=O)n2ccc3c(NC45CC(C(=O)OC(C)(C)C)(C4)C5)c([N+](=O)[O-])cnc32)cc1. The molecule has 3 aliphatic rings. The molecule has 2 bridgehead atoms. The molecule has 3 fully saturated rings. The first-order valence-electron chi connectivity index (χ1n) is 11.2. The highest BCUT2D eigenvalue weighted by Gasteiger charge is 2.73. The zero-order chi connectivity index (χ0) is 25.4. The number of pyridine rings is 1. The number of carbonyl (C=O) groups is 1. The average molecular weight is 499 g/mol. The Balaban J connectivity index is 1.49. The fourth-order valence-corrected chi connectivity index (χ4v) is 6.43. The molecule has 0 unspecified atom stereocenters. The number of hydrogen-bond donors (Lipinski definition) is 1. The van der Waals surface area contributed by atoms with E-state index < -0.39 is 31.5 Å². The van der Waals surface area contributed by atoms with Crippen molar-refractivity contribution in [1.29, 1.82) is 0 Å². The zero-order valence-electron chi connectivity index (χ0n) is 19.9. The van der Waals surface area contributed by atoms with Crippen molar-refractivity contribution in [3.8, 4) is 0 Å². The lowest BCUT2D eigenvalue weighted by atomic mass is 9.39. The summed E-state index contributed by atoms with van der Waals surface area (Å²) in [5.74, 6) is -0.251. The highest BCUT2D eigenvalue weighted by molar-refractivity contribution is 7.90. The molecule has 3 aromatic rings. The van der Waals surface area contributed by atoms with Gasteiger partial charge < -0.3 is 10.1 Å². The second kappa shape index (κ2) is 7.27. The Labute approximate surface area is 202 Å². The predicted octanol–water partition coefficient (Wildman–Crippen LogP) is 4.17. The summed E-state index contributed by atoms with van der Waals surface area (Å²) in [5, 5.41) is 15.4. The zero-order valence-corrected chi connectivity index (χ0v) is 20.7. The van der Waals surface area contributed by atoms with Crippen molar-refractivity contribution in [2.24, 2.45) is 5.41 Å². The summed E-state index contributed by atoms with van der Waals surface area (Å²) < 4.78 is 33.1. The Morgan fingerprint density at radius 2 is 1.80 bits per heavy atom. The van der Waals surface area contributed by atoms with E-state index in [1.807, 2.05) is 27.7 Å². The molecule has 3 aliphatic carbocycles. The van der Waals surface area contributed by atoms with Crippen molar-refractivity contribution in [2.75, 3.05) is 5.32 Å². The van der Waals surface area contributed by atoms with Crippen molar-refractivity contribution in [1.82, 2.24) is 8.96 Å². The van der Waals surface area contributed by atoms with Crippen LogP contribution in [0.3, 0.4) is 0 Å². The van der Waals surface area contributed by atoms with Crippen LogP contribution in [0.25, 0.3) is 11.0 Å². The maximum absolute atomic E-state index is 13.3. The quantitative estimate of drug-likeness (QED) is 0.304. The second-order valence-corrected chi connectivity index (χ2v) is 12.5. The van der Waals surface area contributed by atoms with Crippen LogP contribution in [0.1, 0.15) is 45.6 Å². The Bertz CT molecular complexity index is 1460. The molecule has 0 atom stereocenters. The van der Waals surface area contributed by atoms with Gasteiger partial charge in [0, 0.05) is 11.7 Å². The summed E-state index contributed by atoms with van der Waals surface area (Å²) in [6, 6.07) is 7.94. The van der Waals surface area contributed by atoms with E-state index >= 15 is 0 Å². The summed E-state index contributed by atoms with van der Waals surface area (Å²) in [4.78, 5) is 28.1. The van der Waals surface area contributed by atoms with Crippen molar-refractivity contribution in [3.05, 3.63) is 58.4 Å². The molecule has 35 heavy (non-hydrogen) atoms. The van der Waals surface area contributed by atoms with Crippen molar-refractivity contribution in [2.45, 2.75) is 63.0 Å². The monoisotopic (exact) mass is 498 g/mol. The first-order chi connectivity index (χ1) is 16.3. The first kappa shape index (κ1) is 23.3. The van der Waals surface area contributed by atoms with Crippen LogP contribution in [0.5, 0.6) is 0 Å². The van der Waals surface area contributed by atoms with E-state index in [9.17, 15) is 23.3 Å². The van der Waals surface area contributed by atoms with Crippen LogP contribution in [0.15, 0.2) is 47.6 Å². The third kappa shape index (κ3) is 3.65. The maximum Gasteiger partial charge on any atom is 0.312 e. The fraction of sp³-hybridized carbons (Fsp3) is 0.417. The van der Waals surface area contributed by atoms with Crippen molar-refractivity contribution >= 4 is 38.4 Å². The largest absolute Gasteiger partial charge is 0.460 e. The molecule has 2 aromatic heterocycles. The Morgan fingerprint density at radius 3 is 2.37 bits per heavy atom. The van der Waals surface area contributed by atoms with Crippen LogP contribution < -0.4 is 5.32 Å². The minimum absolute atomic E-state index is 0.0899. The van der Waals surface area contributed by atoms with Gasteiger partial charge in [0.1, 0.15) is 17.5 Å². The van der Waals surface area contributed by atoms with E-state index in [4.69, 9.17) is 4.74 Å². The molecule has 1 aromatic carbocycles. The third-order valence-corrected chi connectivity index (χ3v) is 8.37. The molecule has 0 saturated heterocycles. The number of anilines is 1. The number of aromatic nitrogens is 2. The van der Waals surface area contributed by atoms with Gasteiger partial charge in [-0.2, -0.15) is 0 Å². The second-order valence-electron chi connectivity index (χ2n) is 10.7. The number of fused-ring (bicyclic) bond motifs is 1. The lowest BCUT2D eigenvalue weighted by molar-refractivity contribution is -0.384. The number of nitrogens with zero attached hydrogens (tertiary/aromatic N) is 3. The molecule has 6 rings (SSSR count). The molecule has 0 spiro atoms. The highest BCUT2D eigenvalue weighted by atomic mass is 32.2. The van der Waals surface area contributed by atoms with Crippen LogP contribution in [0, 0.1) is 22.5 Å². The molecule has 0 amide bonds. The molecule has 11 heteroatoms. The maximum atomic E-state index is 13.3. The number of nitrogens with one attached hydrogen (secondary N) is 1. The van der Waals surface area contributed by atoms with Gasteiger partial charge in [0.05, 0.1) is 20.6 Å². The van der Waals surface area contributed by atoms with Crippen LogP contribution >= 0.6 is 0 Å². The topological polar surface area (TPSA) is 133 Å². The molecule has 0 radical (unpaired) electrons. The Hall–Kier alpha value is -3.47. The van der Waals surface area contributed by atoms with Gasteiger partial charge in [-0.3, -0.25) is 14.9 Å². The van der Waals surface area contributed by atoms with Crippen molar-refractivity contribution < 1.29 is 22.9 Å². The summed E-state index contributed by atoms with van der Waals surface area (Å²) in [6.45, 7) is 7.31. The fourth-order valence-electron chi connectivity index (χ4n) is 5.13. The Kier molecular flexibility index (Phi) is 4.83. The lowest BCUT2D eigenvalue weighted by Crippen LogP contribution is -2.74. The van der Waals surface area contributed by atoms with Crippen LogP contribution in [0.2, 0.25) is 0 Å². The lowest BCUT2D eigenvalue weighted by Gasteiger charge is -2.68. The van der Waals surface area contributed by atoms with Gasteiger partial charge in [0.15, 0.2) is 5.65 Å².